The molecule has 3 rings (SSSR count). The summed E-state index contributed by atoms with van der Waals surface area (Å²) in [5.41, 5.74) is 1.28. The number of nitrogens with one attached hydrogen (secondary N) is 1. The number of urea groups is 1. The Labute approximate surface area is 142 Å². The molecule has 25 heavy (non-hydrogen) atoms. The van der Waals surface area contributed by atoms with Crippen LogP contribution in [0.3, 0.4) is 0 Å². The lowest BCUT2D eigenvalue weighted by atomic mass is 10.1. The Morgan fingerprint density at radius 3 is 2.60 bits per heavy atom. The number of carbonyl (C=O) groups excluding carboxylic acids is 2. The van der Waals surface area contributed by atoms with Crippen LogP contribution in [0.2, 0.25) is 0 Å². The molecular weight excluding hydrogens is 326 g/mol. The maximum Gasteiger partial charge on any atom is 0.409 e. The molecule has 1 aliphatic heterocycles. The van der Waals surface area contributed by atoms with E-state index in [4.69, 9.17) is 5.11 Å². The van der Waals surface area contributed by atoms with E-state index in [1.54, 1.807) is 24.3 Å². The molecule has 0 unspecified atom stereocenters. The van der Waals surface area contributed by atoms with Gasteiger partial charge in [-0.3, -0.25) is 15.0 Å². The molecule has 1 saturated heterocycles. The molecule has 2 N–H and O–H groups in total. The summed E-state index contributed by atoms with van der Waals surface area (Å²) in [6.07, 6.45) is 0.0908. The summed E-state index contributed by atoms with van der Waals surface area (Å²) in [5, 5.41) is 11.2. The maximum absolute atomic E-state index is 12.0. The zero-order chi connectivity index (χ0) is 18.0. The molecule has 0 spiro atoms. The second kappa shape index (κ2) is 6.56. The molecule has 0 atom stereocenters. The van der Waals surface area contributed by atoms with Gasteiger partial charge in [0.25, 0.3) is 5.91 Å². The van der Waals surface area contributed by atoms with Gasteiger partial charge in [-0.1, -0.05) is 30.3 Å². The van der Waals surface area contributed by atoms with E-state index in [0.29, 0.717) is 11.3 Å². The van der Waals surface area contributed by atoms with Crippen LogP contribution in [0.1, 0.15) is 5.82 Å². The van der Waals surface area contributed by atoms with Crippen molar-refractivity contribution in [2.45, 2.75) is 6.54 Å². The van der Waals surface area contributed by atoms with Crippen LogP contribution in [0.15, 0.2) is 36.5 Å². The Morgan fingerprint density at radius 2 is 2.00 bits per heavy atom. The van der Waals surface area contributed by atoms with Crippen molar-refractivity contribution >= 4 is 23.7 Å². The number of benzene rings is 1. The van der Waals surface area contributed by atoms with E-state index < -0.39 is 12.1 Å². The molecule has 2 aromatic rings. The number of amides is 4. The summed E-state index contributed by atoms with van der Waals surface area (Å²) in [5.74, 6) is -0.0862. The summed E-state index contributed by atoms with van der Waals surface area (Å²) in [6, 6.07) is 8.56. The molecule has 128 valence electrons. The second-order valence-electron chi connectivity index (χ2n) is 5.46. The quantitative estimate of drug-likeness (QED) is 0.817. The highest BCUT2D eigenvalue weighted by Gasteiger charge is 2.34. The first-order chi connectivity index (χ1) is 12.0. The molecule has 2 heterocycles. The van der Waals surface area contributed by atoms with Crippen LogP contribution in [0.25, 0.3) is 11.3 Å². The number of anilines is 1. The first-order valence-corrected chi connectivity index (χ1v) is 7.42. The zero-order valence-electron chi connectivity index (χ0n) is 13.3. The lowest BCUT2D eigenvalue weighted by molar-refractivity contribution is -0.125. The van der Waals surface area contributed by atoms with Gasteiger partial charge in [0.2, 0.25) is 0 Å². The Hall–Kier alpha value is -3.49. The predicted molar refractivity (Wildman–Crippen MR) is 87.7 cm³/mol. The molecular formula is C16H15N5O4. The summed E-state index contributed by atoms with van der Waals surface area (Å²) in [7, 11) is 1.54. The average molecular weight is 341 g/mol. The van der Waals surface area contributed by atoms with E-state index >= 15 is 0 Å². The van der Waals surface area contributed by atoms with Crippen molar-refractivity contribution in [3.8, 4) is 11.3 Å². The van der Waals surface area contributed by atoms with Crippen LogP contribution in [0.5, 0.6) is 0 Å². The van der Waals surface area contributed by atoms with Gasteiger partial charge in [-0.05, 0) is 0 Å². The zero-order valence-corrected chi connectivity index (χ0v) is 13.3. The molecule has 1 aromatic carbocycles. The third-order valence-electron chi connectivity index (χ3n) is 3.66. The van der Waals surface area contributed by atoms with Crippen molar-refractivity contribution in [1.29, 1.82) is 0 Å². The van der Waals surface area contributed by atoms with E-state index in [2.05, 4.69) is 15.3 Å². The Bertz CT molecular complexity index is 840. The molecule has 9 heteroatoms. The number of rotatable bonds is 4. The number of hydrogen-bond acceptors (Lipinski definition) is 5. The SMILES string of the molecule is CN1CC(=O)N(Cc2ncc(NC(=O)O)c(-c3ccccc3)n2)C1=O. The van der Waals surface area contributed by atoms with E-state index in [1.807, 2.05) is 6.07 Å². The first kappa shape index (κ1) is 16.4. The molecule has 0 bridgehead atoms. The molecule has 1 aliphatic rings. The molecule has 4 amide bonds. The van der Waals surface area contributed by atoms with Crippen LogP contribution in [0, 0.1) is 0 Å². The lowest BCUT2D eigenvalue weighted by Gasteiger charge is -2.15. The standard InChI is InChI=1S/C16H15N5O4/c1-20-9-13(22)21(16(20)25)8-12-17-7-11(18-15(23)24)14(19-12)10-5-3-2-4-6-10/h2-7,18H,8-9H2,1H3,(H,23,24). The van der Waals surface area contributed by atoms with Gasteiger partial charge >= 0.3 is 12.1 Å². The highest BCUT2D eigenvalue weighted by Crippen LogP contribution is 2.25. The number of carboxylic acid groups (broad SMARTS) is 1. The van der Waals surface area contributed by atoms with E-state index in [0.717, 1.165) is 4.90 Å². The number of hydrogen-bond donors (Lipinski definition) is 2. The highest BCUT2D eigenvalue weighted by atomic mass is 16.4. The summed E-state index contributed by atoms with van der Waals surface area (Å²) >= 11 is 0. The van der Waals surface area contributed by atoms with Gasteiger partial charge in [-0.2, -0.15) is 0 Å². The smallest absolute Gasteiger partial charge is 0.409 e. The molecule has 1 aromatic heterocycles. The molecule has 0 saturated carbocycles. The van der Waals surface area contributed by atoms with Crippen molar-refractivity contribution in [3.05, 3.63) is 42.4 Å². The van der Waals surface area contributed by atoms with Crippen molar-refractivity contribution < 1.29 is 19.5 Å². The van der Waals surface area contributed by atoms with Crippen LogP contribution < -0.4 is 5.32 Å². The average Bonchev–Trinajstić information content (AvgIpc) is 2.83. The van der Waals surface area contributed by atoms with Gasteiger partial charge < -0.3 is 10.0 Å². The monoisotopic (exact) mass is 341 g/mol. The molecule has 9 nitrogen and oxygen atoms in total. The predicted octanol–water partition coefficient (Wildman–Crippen LogP) is 1.63. The van der Waals surface area contributed by atoms with E-state index in [-0.39, 0.29) is 30.5 Å². The Balaban J connectivity index is 1.95. The van der Waals surface area contributed by atoms with Gasteiger partial charge in [0.1, 0.15) is 12.4 Å². The first-order valence-electron chi connectivity index (χ1n) is 7.42. The summed E-state index contributed by atoms with van der Waals surface area (Å²) in [6.45, 7) is -0.0573. The summed E-state index contributed by atoms with van der Waals surface area (Å²) in [4.78, 5) is 45.6. The fourth-order valence-electron chi connectivity index (χ4n) is 2.48. The third-order valence-corrected chi connectivity index (χ3v) is 3.66. The normalized spacial score (nSPS) is 14.1. The van der Waals surface area contributed by atoms with E-state index in [1.165, 1.54) is 18.1 Å². The topological polar surface area (TPSA) is 116 Å². The highest BCUT2D eigenvalue weighted by molar-refractivity contribution is 6.01. The van der Waals surface area contributed by atoms with Crippen molar-refractivity contribution in [1.82, 2.24) is 19.8 Å². The van der Waals surface area contributed by atoms with Crippen LogP contribution >= 0.6 is 0 Å². The van der Waals surface area contributed by atoms with Crippen molar-refractivity contribution in [2.24, 2.45) is 0 Å². The summed E-state index contributed by atoms with van der Waals surface area (Å²) < 4.78 is 0. The minimum absolute atomic E-state index is 0.0169. The second-order valence-corrected chi connectivity index (χ2v) is 5.46. The largest absolute Gasteiger partial charge is 0.465 e. The van der Waals surface area contributed by atoms with Gasteiger partial charge in [0, 0.05) is 12.6 Å². The number of nitrogens with zero attached hydrogens (tertiary/aromatic N) is 4. The number of aromatic nitrogens is 2. The number of likely N-dealkylation sites (N-methyl/N-ethyl adjacent to an activating group) is 1. The van der Waals surface area contributed by atoms with Gasteiger partial charge in [-0.25, -0.2) is 19.6 Å². The van der Waals surface area contributed by atoms with Crippen LogP contribution in [0.4, 0.5) is 15.3 Å². The minimum atomic E-state index is -1.24. The molecule has 0 radical (unpaired) electrons. The van der Waals surface area contributed by atoms with Crippen molar-refractivity contribution in [3.63, 3.8) is 0 Å². The third kappa shape index (κ3) is 3.39. The molecule has 0 aliphatic carbocycles. The fraction of sp³-hybridized carbons (Fsp3) is 0.188. The van der Waals surface area contributed by atoms with Crippen molar-refractivity contribution in [2.75, 3.05) is 18.9 Å². The Kier molecular flexibility index (Phi) is 4.29. The number of carbonyl (C=O) groups is 3. The van der Waals surface area contributed by atoms with Gasteiger partial charge in [-0.15, -0.1) is 0 Å². The molecule has 1 fully saturated rings. The van der Waals surface area contributed by atoms with E-state index in [9.17, 15) is 14.4 Å². The maximum atomic E-state index is 12.0. The fourth-order valence-corrected chi connectivity index (χ4v) is 2.48. The lowest BCUT2D eigenvalue weighted by Crippen LogP contribution is -2.31. The van der Waals surface area contributed by atoms with Gasteiger partial charge in [0.15, 0.2) is 0 Å². The Morgan fingerprint density at radius 1 is 1.28 bits per heavy atom. The van der Waals surface area contributed by atoms with Crippen LogP contribution in [-0.4, -0.2) is 56.5 Å². The number of imide groups is 1. The van der Waals surface area contributed by atoms with Gasteiger partial charge in [0.05, 0.1) is 24.1 Å². The minimum Gasteiger partial charge on any atom is -0.465 e. The van der Waals surface area contributed by atoms with Crippen LogP contribution in [-0.2, 0) is 11.3 Å².